The van der Waals surface area contributed by atoms with Crippen LogP contribution in [0.15, 0.2) is 59.3 Å². The maximum atomic E-state index is 13.5. The van der Waals surface area contributed by atoms with Gasteiger partial charge in [0.15, 0.2) is 0 Å². The molecule has 35 heavy (non-hydrogen) atoms. The molecule has 2 aromatic heterocycles. The van der Waals surface area contributed by atoms with Gasteiger partial charge in [-0.15, -0.1) is 22.7 Å². The fraction of sp³-hybridized carbons (Fsp3) is 0.444. The molecule has 2 aliphatic rings. The number of nitrogens with zero attached hydrogens (tertiary/aromatic N) is 1. The summed E-state index contributed by atoms with van der Waals surface area (Å²) in [5.74, 6) is 0.914. The molecule has 2 heterocycles. The van der Waals surface area contributed by atoms with E-state index in [0.717, 1.165) is 38.0 Å². The smallest absolute Gasteiger partial charge is 0.349 e. The van der Waals surface area contributed by atoms with Crippen LogP contribution in [0.1, 0.15) is 35.4 Å². The lowest BCUT2D eigenvalue weighted by Crippen LogP contribution is -2.42. The van der Waals surface area contributed by atoms with Crippen molar-refractivity contribution in [2.75, 3.05) is 20.2 Å². The molecular weight excluding hydrogens is 502 g/mol. The lowest BCUT2D eigenvalue weighted by atomic mass is 9.94. The highest BCUT2D eigenvalue weighted by Crippen LogP contribution is 2.49. The number of carbonyl (C=O) groups is 1. The topological polar surface area (TPSA) is 59.0 Å². The Bertz CT molecular complexity index is 1070. The first-order valence-electron chi connectivity index (χ1n) is 12.1. The molecule has 2 bridgehead atoms. The minimum atomic E-state index is -1.75. The van der Waals surface area contributed by atoms with Gasteiger partial charge < -0.3 is 19.5 Å². The van der Waals surface area contributed by atoms with E-state index >= 15 is 0 Å². The molecule has 2 aliphatic carbocycles. The van der Waals surface area contributed by atoms with Crippen LogP contribution < -0.4 is 4.74 Å². The fourth-order valence-electron chi connectivity index (χ4n) is 5.62. The maximum Gasteiger partial charge on any atom is 0.349 e. The molecule has 2 fully saturated rings. The lowest BCUT2D eigenvalue weighted by Gasteiger charge is -2.32. The highest BCUT2D eigenvalue weighted by molar-refractivity contribution is 7.12. The van der Waals surface area contributed by atoms with E-state index in [4.69, 9.17) is 21.1 Å². The number of rotatable bonds is 10. The second-order valence-corrected chi connectivity index (χ2v) is 11.8. The summed E-state index contributed by atoms with van der Waals surface area (Å²) in [6.07, 6.45) is 3.91. The number of benzene rings is 1. The Morgan fingerprint density at radius 3 is 2.43 bits per heavy atom. The van der Waals surface area contributed by atoms with E-state index in [2.05, 4.69) is 11.9 Å². The van der Waals surface area contributed by atoms with Gasteiger partial charge in [-0.25, -0.2) is 4.79 Å². The number of carbonyl (C=O) groups excluding carboxylic acids is 1. The van der Waals surface area contributed by atoms with E-state index in [1.54, 1.807) is 12.1 Å². The van der Waals surface area contributed by atoms with Crippen molar-refractivity contribution >= 4 is 40.2 Å². The molecule has 5 rings (SSSR count). The van der Waals surface area contributed by atoms with E-state index in [1.165, 1.54) is 22.7 Å². The van der Waals surface area contributed by atoms with Crippen molar-refractivity contribution in [2.45, 2.75) is 43.4 Å². The number of hydrogen-bond acceptors (Lipinski definition) is 7. The van der Waals surface area contributed by atoms with Crippen molar-refractivity contribution in [1.82, 2.24) is 4.90 Å². The number of ether oxygens (including phenoxy) is 2. The molecule has 0 amide bonds. The third kappa shape index (κ3) is 5.02. The Hall–Kier alpha value is -1.90. The van der Waals surface area contributed by atoms with Gasteiger partial charge in [0, 0.05) is 23.5 Å². The van der Waals surface area contributed by atoms with Crippen molar-refractivity contribution in [3.8, 4) is 5.75 Å². The summed E-state index contributed by atoms with van der Waals surface area (Å²) in [4.78, 5) is 17.1. The summed E-state index contributed by atoms with van der Waals surface area (Å²) in [6, 6.07) is 15.1. The zero-order chi connectivity index (χ0) is 24.4. The van der Waals surface area contributed by atoms with Crippen LogP contribution in [0.3, 0.4) is 0 Å². The summed E-state index contributed by atoms with van der Waals surface area (Å²) in [5, 5.41) is 16.1. The van der Waals surface area contributed by atoms with Crippen LogP contribution in [0, 0.1) is 11.8 Å². The zero-order valence-electron chi connectivity index (χ0n) is 19.6. The third-order valence-corrected chi connectivity index (χ3v) is 9.60. The average molecular weight is 532 g/mol. The molecule has 5 nitrogen and oxygen atoms in total. The summed E-state index contributed by atoms with van der Waals surface area (Å²) >= 11 is 8.68. The first kappa shape index (κ1) is 24.8. The molecule has 0 aliphatic heterocycles. The number of aliphatic hydroxyl groups is 1. The molecule has 1 aromatic carbocycles. The van der Waals surface area contributed by atoms with Crippen LogP contribution in [-0.2, 0) is 15.1 Å². The summed E-state index contributed by atoms with van der Waals surface area (Å²) in [7, 11) is 2.15. The van der Waals surface area contributed by atoms with Crippen molar-refractivity contribution in [3.05, 3.63) is 74.1 Å². The van der Waals surface area contributed by atoms with Crippen molar-refractivity contribution in [2.24, 2.45) is 11.8 Å². The Morgan fingerprint density at radius 1 is 1.11 bits per heavy atom. The minimum Gasteiger partial charge on any atom is -0.494 e. The van der Waals surface area contributed by atoms with Crippen LogP contribution in [0.5, 0.6) is 5.75 Å². The number of hydrogen-bond donors (Lipinski definition) is 1. The highest BCUT2D eigenvalue weighted by Gasteiger charge is 2.54. The second-order valence-electron chi connectivity index (χ2n) is 9.48. The molecule has 3 aromatic rings. The molecule has 0 saturated heterocycles. The molecule has 2 saturated carbocycles. The molecule has 8 heteroatoms. The van der Waals surface area contributed by atoms with Crippen LogP contribution >= 0.6 is 34.3 Å². The number of esters is 1. The molecule has 0 spiro atoms. The standard InChI is InChI=1S/C27H30ClNO4S2/c1-29(13-4-14-32-20-10-8-19(28)9-11-20)22-17-18-7-12-21(22)25(18)33-26(30)27(31,23-5-2-15-34-23)24-6-3-16-35-24/h2-3,5-6,8-11,15-16,18,21-22,25,31H,4,7,12-14,17H2,1H3. The van der Waals surface area contributed by atoms with Crippen LogP contribution in [0.2, 0.25) is 5.02 Å². The monoisotopic (exact) mass is 531 g/mol. The van der Waals surface area contributed by atoms with Gasteiger partial charge in [-0.2, -0.15) is 0 Å². The second kappa shape index (κ2) is 10.6. The Kier molecular flexibility index (Phi) is 7.51. The summed E-state index contributed by atoms with van der Waals surface area (Å²) in [6.45, 7) is 1.55. The molecule has 0 radical (unpaired) electrons. The third-order valence-electron chi connectivity index (χ3n) is 7.39. The van der Waals surface area contributed by atoms with E-state index in [-0.39, 0.29) is 6.10 Å². The van der Waals surface area contributed by atoms with E-state index < -0.39 is 11.6 Å². The molecule has 186 valence electrons. The minimum absolute atomic E-state index is 0.147. The summed E-state index contributed by atoms with van der Waals surface area (Å²) in [5.41, 5.74) is -1.75. The highest BCUT2D eigenvalue weighted by atomic mass is 35.5. The van der Waals surface area contributed by atoms with Gasteiger partial charge in [0.05, 0.1) is 16.4 Å². The van der Waals surface area contributed by atoms with Crippen molar-refractivity contribution in [1.29, 1.82) is 0 Å². The van der Waals surface area contributed by atoms with Gasteiger partial charge in [-0.05, 0) is 85.8 Å². The van der Waals surface area contributed by atoms with Crippen LogP contribution in [0.4, 0.5) is 0 Å². The number of halogens is 1. The molecular formula is C27H30ClNO4S2. The SMILES string of the molecule is CN(CCCOc1ccc(Cl)cc1)C1CC2CCC1C2OC(=O)C(O)(c1cccs1)c1cccs1. The predicted molar refractivity (Wildman–Crippen MR) is 140 cm³/mol. The molecule has 4 unspecified atom stereocenters. The normalized spacial score (nSPS) is 23.7. The zero-order valence-corrected chi connectivity index (χ0v) is 22.0. The Morgan fingerprint density at radius 2 is 1.80 bits per heavy atom. The fourth-order valence-corrected chi connectivity index (χ4v) is 7.46. The quantitative estimate of drug-likeness (QED) is 0.264. The number of thiophene rings is 2. The predicted octanol–water partition coefficient (Wildman–Crippen LogP) is 5.81. The van der Waals surface area contributed by atoms with Crippen molar-refractivity contribution < 1.29 is 19.4 Å². The molecule has 4 atom stereocenters. The van der Waals surface area contributed by atoms with E-state index in [0.29, 0.717) is 39.3 Å². The largest absolute Gasteiger partial charge is 0.494 e. The van der Waals surface area contributed by atoms with Gasteiger partial charge in [0.2, 0.25) is 5.60 Å². The van der Waals surface area contributed by atoms with Gasteiger partial charge in [-0.1, -0.05) is 23.7 Å². The first-order chi connectivity index (χ1) is 17.0. The van der Waals surface area contributed by atoms with E-state index in [1.807, 2.05) is 47.2 Å². The van der Waals surface area contributed by atoms with Crippen LogP contribution in [0.25, 0.3) is 0 Å². The number of fused-ring (bicyclic) bond motifs is 2. The Balaban J connectivity index is 1.19. The maximum absolute atomic E-state index is 13.5. The van der Waals surface area contributed by atoms with Gasteiger partial charge in [0.1, 0.15) is 11.9 Å². The lowest BCUT2D eigenvalue weighted by molar-refractivity contribution is -0.170. The summed E-state index contributed by atoms with van der Waals surface area (Å²) < 4.78 is 12.0. The van der Waals surface area contributed by atoms with Gasteiger partial charge in [0.25, 0.3) is 0 Å². The van der Waals surface area contributed by atoms with E-state index in [9.17, 15) is 9.90 Å². The average Bonchev–Trinajstić information content (AvgIpc) is 3.68. The van der Waals surface area contributed by atoms with Gasteiger partial charge >= 0.3 is 5.97 Å². The van der Waals surface area contributed by atoms with Crippen molar-refractivity contribution in [3.63, 3.8) is 0 Å². The van der Waals surface area contributed by atoms with Gasteiger partial charge in [-0.3, -0.25) is 0 Å². The molecule has 1 N–H and O–H groups in total. The first-order valence-corrected chi connectivity index (χ1v) is 14.2. The van der Waals surface area contributed by atoms with Crippen LogP contribution in [-0.4, -0.2) is 48.3 Å². The Labute approximate surface area is 219 Å².